The van der Waals surface area contributed by atoms with E-state index in [1.54, 1.807) is 16.8 Å². The van der Waals surface area contributed by atoms with E-state index in [1.807, 2.05) is 38.4 Å². The number of benzene rings is 1. The van der Waals surface area contributed by atoms with Crippen LogP contribution >= 0.6 is 0 Å². The van der Waals surface area contributed by atoms with E-state index >= 15 is 0 Å². The van der Waals surface area contributed by atoms with Gasteiger partial charge in [-0.25, -0.2) is 0 Å². The van der Waals surface area contributed by atoms with Crippen molar-refractivity contribution < 1.29 is 23.0 Å². The maximum absolute atomic E-state index is 5.77. The molecule has 4 aromatic rings. The van der Waals surface area contributed by atoms with Crippen molar-refractivity contribution in [3.8, 4) is 40.4 Å². The quantitative estimate of drug-likeness (QED) is 0.520. The molecule has 5 rings (SSSR count). The van der Waals surface area contributed by atoms with Crippen LogP contribution in [-0.2, 0) is 13.7 Å². The fraction of sp³-hybridized carbons (Fsp3) is 0.211. The molecular weight excluding hydrogens is 364 g/mol. The molecule has 0 atom stereocenters. The fourth-order valence-electron chi connectivity index (χ4n) is 2.93. The van der Waals surface area contributed by atoms with E-state index in [2.05, 4.69) is 15.3 Å². The number of aryl methyl sites for hydroxylation is 2. The molecule has 1 aliphatic rings. The topological polar surface area (TPSA) is 97.6 Å². The van der Waals surface area contributed by atoms with Crippen molar-refractivity contribution in [1.29, 1.82) is 0 Å². The molecular formula is C19H16N4O5. The fourth-order valence-corrected chi connectivity index (χ4v) is 2.93. The Kier molecular flexibility index (Phi) is 3.78. The van der Waals surface area contributed by atoms with Crippen LogP contribution in [0.3, 0.4) is 0 Å². The highest BCUT2D eigenvalue weighted by molar-refractivity contribution is 5.56. The average molecular weight is 380 g/mol. The van der Waals surface area contributed by atoms with Gasteiger partial charge in [0.05, 0.1) is 11.3 Å². The van der Waals surface area contributed by atoms with Crippen LogP contribution < -0.4 is 14.2 Å². The number of nitrogens with zero attached hydrogens (tertiary/aromatic N) is 4. The molecule has 9 heteroatoms. The molecule has 0 amide bonds. The highest BCUT2D eigenvalue weighted by Gasteiger charge is 2.18. The van der Waals surface area contributed by atoms with Gasteiger partial charge in [0.15, 0.2) is 17.3 Å². The number of ether oxygens (including phenoxy) is 3. The van der Waals surface area contributed by atoms with Crippen molar-refractivity contribution in [2.24, 2.45) is 7.05 Å². The van der Waals surface area contributed by atoms with Gasteiger partial charge in [-0.1, -0.05) is 0 Å². The van der Waals surface area contributed by atoms with Crippen molar-refractivity contribution in [2.75, 3.05) is 6.79 Å². The molecule has 1 aromatic carbocycles. The largest absolute Gasteiger partial charge is 0.486 e. The van der Waals surface area contributed by atoms with E-state index in [-0.39, 0.29) is 13.4 Å². The van der Waals surface area contributed by atoms with Gasteiger partial charge in [-0.05, 0) is 31.2 Å². The zero-order valence-corrected chi connectivity index (χ0v) is 15.2. The van der Waals surface area contributed by atoms with Gasteiger partial charge in [-0.3, -0.25) is 4.68 Å². The Morgan fingerprint density at radius 2 is 1.89 bits per heavy atom. The van der Waals surface area contributed by atoms with Crippen LogP contribution in [0.1, 0.15) is 11.5 Å². The Hall–Kier alpha value is -3.75. The standard InChI is InChI=1S/C19H16N4O5/c1-11-14(8-23(2)22-11)18-20-21-19(28-18)16-6-4-13(27-16)9-24-12-3-5-15-17(7-12)26-10-25-15/h3-8H,9-10H2,1-2H3. The smallest absolute Gasteiger partial charge is 0.283 e. The molecule has 0 bridgehead atoms. The molecule has 0 radical (unpaired) electrons. The third-order valence-corrected chi connectivity index (χ3v) is 4.27. The summed E-state index contributed by atoms with van der Waals surface area (Å²) < 4.78 is 29.6. The molecule has 0 N–H and O–H groups in total. The minimum Gasteiger partial charge on any atom is -0.486 e. The molecule has 0 saturated heterocycles. The van der Waals surface area contributed by atoms with E-state index in [9.17, 15) is 0 Å². The van der Waals surface area contributed by atoms with Crippen molar-refractivity contribution in [1.82, 2.24) is 20.0 Å². The molecule has 0 fully saturated rings. The number of hydrogen-bond acceptors (Lipinski definition) is 8. The number of fused-ring (bicyclic) bond motifs is 1. The predicted molar refractivity (Wildman–Crippen MR) is 95.8 cm³/mol. The van der Waals surface area contributed by atoms with Gasteiger partial charge in [-0.15, -0.1) is 10.2 Å². The molecule has 4 heterocycles. The lowest BCUT2D eigenvalue weighted by atomic mass is 10.3. The van der Waals surface area contributed by atoms with E-state index in [4.69, 9.17) is 23.0 Å². The molecule has 0 spiro atoms. The van der Waals surface area contributed by atoms with Crippen molar-refractivity contribution in [3.63, 3.8) is 0 Å². The van der Waals surface area contributed by atoms with Gasteiger partial charge >= 0.3 is 0 Å². The Morgan fingerprint density at radius 3 is 2.75 bits per heavy atom. The normalized spacial score (nSPS) is 12.5. The van der Waals surface area contributed by atoms with Crippen molar-refractivity contribution in [2.45, 2.75) is 13.5 Å². The Morgan fingerprint density at radius 1 is 1.04 bits per heavy atom. The van der Waals surface area contributed by atoms with Crippen LogP contribution in [-0.4, -0.2) is 26.8 Å². The summed E-state index contributed by atoms with van der Waals surface area (Å²) in [5.74, 6) is 3.84. The Bertz CT molecular complexity index is 1140. The lowest BCUT2D eigenvalue weighted by Crippen LogP contribution is -1.94. The first-order valence-corrected chi connectivity index (χ1v) is 8.61. The second-order valence-corrected chi connectivity index (χ2v) is 6.28. The molecule has 3 aromatic heterocycles. The lowest BCUT2D eigenvalue weighted by molar-refractivity contribution is 0.173. The second kappa shape index (κ2) is 6.45. The van der Waals surface area contributed by atoms with Crippen LogP contribution in [0, 0.1) is 6.92 Å². The highest BCUT2D eigenvalue weighted by Crippen LogP contribution is 2.35. The number of furan rings is 1. The lowest BCUT2D eigenvalue weighted by Gasteiger charge is -2.04. The minimum atomic E-state index is 0.227. The molecule has 0 aliphatic carbocycles. The van der Waals surface area contributed by atoms with Crippen LogP contribution in [0.5, 0.6) is 17.2 Å². The third-order valence-electron chi connectivity index (χ3n) is 4.27. The van der Waals surface area contributed by atoms with Crippen LogP contribution in [0.15, 0.2) is 45.4 Å². The van der Waals surface area contributed by atoms with Crippen LogP contribution in [0.2, 0.25) is 0 Å². The summed E-state index contributed by atoms with van der Waals surface area (Å²) in [5, 5.41) is 12.4. The molecule has 0 saturated carbocycles. The maximum atomic E-state index is 5.77. The molecule has 9 nitrogen and oxygen atoms in total. The number of hydrogen-bond donors (Lipinski definition) is 0. The van der Waals surface area contributed by atoms with Gasteiger partial charge in [0.25, 0.3) is 11.8 Å². The van der Waals surface area contributed by atoms with Gasteiger partial charge in [-0.2, -0.15) is 5.10 Å². The van der Waals surface area contributed by atoms with Crippen LogP contribution in [0.4, 0.5) is 0 Å². The van der Waals surface area contributed by atoms with Gasteiger partial charge in [0.1, 0.15) is 18.1 Å². The second-order valence-electron chi connectivity index (χ2n) is 6.28. The van der Waals surface area contributed by atoms with Crippen molar-refractivity contribution in [3.05, 3.63) is 48.0 Å². The predicted octanol–water partition coefficient (Wildman–Crippen LogP) is 3.35. The molecule has 28 heavy (non-hydrogen) atoms. The van der Waals surface area contributed by atoms with Crippen molar-refractivity contribution >= 4 is 0 Å². The summed E-state index contributed by atoms with van der Waals surface area (Å²) in [6, 6.07) is 8.99. The summed E-state index contributed by atoms with van der Waals surface area (Å²) in [6.07, 6.45) is 1.83. The van der Waals surface area contributed by atoms with Gasteiger partial charge in [0, 0.05) is 19.3 Å². The van der Waals surface area contributed by atoms with E-state index in [0.717, 1.165) is 11.3 Å². The number of aromatic nitrogens is 4. The monoisotopic (exact) mass is 380 g/mol. The first-order chi connectivity index (χ1) is 13.7. The van der Waals surface area contributed by atoms with Gasteiger partial charge in [0.2, 0.25) is 6.79 Å². The number of rotatable bonds is 5. The molecule has 0 unspecified atom stereocenters. The Labute approximate surface area is 159 Å². The van der Waals surface area contributed by atoms with E-state index in [1.165, 1.54) is 0 Å². The van der Waals surface area contributed by atoms with Crippen LogP contribution in [0.25, 0.3) is 23.1 Å². The zero-order chi connectivity index (χ0) is 19.1. The summed E-state index contributed by atoms with van der Waals surface area (Å²) in [5.41, 5.74) is 1.61. The average Bonchev–Trinajstić information content (AvgIpc) is 3.46. The van der Waals surface area contributed by atoms with Gasteiger partial charge < -0.3 is 23.0 Å². The SMILES string of the molecule is Cc1nn(C)cc1-c1nnc(-c2ccc(COc3ccc4c(c3)OCO4)o2)o1. The first-order valence-electron chi connectivity index (χ1n) is 8.61. The summed E-state index contributed by atoms with van der Waals surface area (Å²) in [7, 11) is 1.84. The maximum Gasteiger partial charge on any atom is 0.283 e. The summed E-state index contributed by atoms with van der Waals surface area (Å²) >= 11 is 0. The minimum absolute atomic E-state index is 0.227. The molecule has 1 aliphatic heterocycles. The zero-order valence-electron chi connectivity index (χ0n) is 15.2. The molecule has 142 valence electrons. The third kappa shape index (κ3) is 2.96. The Balaban J connectivity index is 1.29. The first kappa shape index (κ1) is 16.4. The summed E-state index contributed by atoms with van der Waals surface area (Å²) in [4.78, 5) is 0. The highest BCUT2D eigenvalue weighted by atomic mass is 16.7. The summed E-state index contributed by atoms with van der Waals surface area (Å²) in [6.45, 7) is 2.37. The van der Waals surface area contributed by atoms with E-state index < -0.39 is 0 Å². The van der Waals surface area contributed by atoms with E-state index in [0.29, 0.717) is 40.6 Å².